The molecule has 2 atom stereocenters. The smallest absolute Gasteiger partial charge is 0.228 e. The van der Waals surface area contributed by atoms with Gasteiger partial charge in [0.2, 0.25) is 11.8 Å². The Morgan fingerprint density at radius 3 is 2.95 bits per heavy atom. The van der Waals surface area contributed by atoms with Crippen LogP contribution in [0.5, 0.6) is 0 Å². The van der Waals surface area contributed by atoms with Crippen LogP contribution in [0, 0.1) is 11.8 Å². The summed E-state index contributed by atoms with van der Waals surface area (Å²) in [5, 5.41) is 8.95. The highest BCUT2D eigenvalue weighted by Gasteiger charge is 2.38. The van der Waals surface area contributed by atoms with Crippen LogP contribution in [0.3, 0.4) is 0 Å². The van der Waals surface area contributed by atoms with Crippen LogP contribution in [0.1, 0.15) is 19.3 Å². The molecule has 0 spiro atoms. The highest BCUT2D eigenvalue weighted by Crippen LogP contribution is 2.25. The van der Waals surface area contributed by atoms with E-state index in [2.05, 4.69) is 0 Å². The van der Waals surface area contributed by atoms with E-state index in [0.717, 1.165) is 25.9 Å². The molecule has 0 bridgehead atoms. The van der Waals surface area contributed by atoms with E-state index in [9.17, 15) is 9.59 Å². The van der Waals surface area contributed by atoms with E-state index in [1.165, 1.54) is 0 Å². The summed E-state index contributed by atoms with van der Waals surface area (Å²) in [6.45, 7) is 3.25. The van der Waals surface area contributed by atoms with Crippen molar-refractivity contribution in [1.29, 1.82) is 0 Å². The van der Waals surface area contributed by atoms with E-state index in [4.69, 9.17) is 9.84 Å². The molecule has 20 heavy (non-hydrogen) atoms. The van der Waals surface area contributed by atoms with Crippen LogP contribution < -0.4 is 0 Å². The molecular formula is C14H24N2O4. The van der Waals surface area contributed by atoms with Gasteiger partial charge in [-0.2, -0.15) is 0 Å². The fourth-order valence-corrected chi connectivity index (χ4v) is 3.06. The fourth-order valence-electron chi connectivity index (χ4n) is 3.06. The fraction of sp³-hybridized carbons (Fsp3) is 0.857. The van der Waals surface area contributed by atoms with Gasteiger partial charge in [0.1, 0.15) is 0 Å². The second kappa shape index (κ2) is 7.04. The predicted octanol–water partition coefficient (Wildman–Crippen LogP) is -0.288. The number of rotatable bonds is 6. The van der Waals surface area contributed by atoms with Crippen molar-refractivity contribution in [3.63, 3.8) is 0 Å². The van der Waals surface area contributed by atoms with Crippen LogP contribution in [-0.4, -0.2) is 73.2 Å². The number of aliphatic hydroxyl groups excluding tert-OH is 1. The summed E-state index contributed by atoms with van der Waals surface area (Å²) in [6, 6.07) is 0. The van der Waals surface area contributed by atoms with E-state index in [0.29, 0.717) is 32.0 Å². The first-order valence-corrected chi connectivity index (χ1v) is 7.32. The highest BCUT2D eigenvalue weighted by atomic mass is 16.5. The van der Waals surface area contributed by atoms with E-state index >= 15 is 0 Å². The molecule has 2 rings (SSSR count). The SMILES string of the molecule is COCCN1CC(C(=O)N2CCC(CCO)C2)CC1=O. The summed E-state index contributed by atoms with van der Waals surface area (Å²) in [5.74, 6) is 0.350. The first-order valence-electron chi connectivity index (χ1n) is 7.32. The van der Waals surface area contributed by atoms with Gasteiger partial charge < -0.3 is 19.6 Å². The molecule has 2 heterocycles. The number of nitrogens with zero attached hydrogens (tertiary/aromatic N) is 2. The Balaban J connectivity index is 1.83. The van der Waals surface area contributed by atoms with Crippen molar-refractivity contribution in [1.82, 2.24) is 9.80 Å². The number of likely N-dealkylation sites (tertiary alicyclic amines) is 2. The molecule has 114 valence electrons. The van der Waals surface area contributed by atoms with Gasteiger partial charge in [-0.15, -0.1) is 0 Å². The standard InChI is InChI=1S/C14H24N2O4/c1-20-7-5-15-10-12(8-13(15)18)14(19)16-4-2-11(9-16)3-6-17/h11-12,17H,2-10H2,1H3. The second-order valence-corrected chi connectivity index (χ2v) is 5.68. The summed E-state index contributed by atoms with van der Waals surface area (Å²) < 4.78 is 4.98. The average Bonchev–Trinajstić information content (AvgIpc) is 3.03. The second-order valence-electron chi connectivity index (χ2n) is 5.68. The molecule has 2 amide bonds. The van der Waals surface area contributed by atoms with Gasteiger partial charge in [0.25, 0.3) is 0 Å². The maximum atomic E-state index is 12.4. The van der Waals surface area contributed by atoms with Crippen LogP contribution in [0.25, 0.3) is 0 Å². The number of methoxy groups -OCH3 is 1. The maximum absolute atomic E-state index is 12.4. The molecular weight excluding hydrogens is 260 g/mol. The summed E-state index contributed by atoms with van der Waals surface area (Å²) in [7, 11) is 1.61. The Morgan fingerprint density at radius 1 is 1.45 bits per heavy atom. The van der Waals surface area contributed by atoms with Crippen LogP contribution in [0.15, 0.2) is 0 Å². The number of carbonyl (C=O) groups is 2. The lowest BCUT2D eigenvalue weighted by atomic mass is 10.1. The Bertz CT molecular complexity index is 361. The molecule has 2 unspecified atom stereocenters. The maximum Gasteiger partial charge on any atom is 0.228 e. The monoisotopic (exact) mass is 284 g/mol. The number of carbonyl (C=O) groups excluding carboxylic acids is 2. The van der Waals surface area contributed by atoms with Gasteiger partial charge in [0.15, 0.2) is 0 Å². The van der Waals surface area contributed by atoms with E-state index < -0.39 is 0 Å². The molecule has 0 saturated carbocycles. The molecule has 1 N–H and O–H groups in total. The molecule has 6 heteroatoms. The first-order chi connectivity index (χ1) is 9.65. The Kier molecular flexibility index (Phi) is 5.37. The quantitative estimate of drug-likeness (QED) is 0.728. The minimum Gasteiger partial charge on any atom is -0.396 e. The molecule has 2 aliphatic heterocycles. The molecule has 6 nitrogen and oxygen atoms in total. The van der Waals surface area contributed by atoms with Gasteiger partial charge in [-0.25, -0.2) is 0 Å². The Hall–Kier alpha value is -1.14. The third kappa shape index (κ3) is 3.49. The molecule has 0 aliphatic carbocycles. The van der Waals surface area contributed by atoms with Crippen LogP contribution in [0.2, 0.25) is 0 Å². The summed E-state index contributed by atoms with van der Waals surface area (Å²) in [4.78, 5) is 27.8. The van der Waals surface area contributed by atoms with Crippen molar-refractivity contribution in [2.75, 3.05) is 46.5 Å². The molecule has 2 saturated heterocycles. The normalized spacial score (nSPS) is 26.6. The van der Waals surface area contributed by atoms with Gasteiger partial charge in [0.05, 0.1) is 12.5 Å². The molecule has 2 aliphatic rings. The number of hydrogen-bond donors (Lipinski definition) is 1. The molecule has 2 fully saturated rings. The van der Waals surface area contributed by atoms with Gasteiger partial charge in [-0.05, 0) is 18.8 Å². The van der Waals surface area contributed by atoms with Gasteiger partial charge in [0, 0.05) is 46.3 Å². The highest BCUT2D eigenvalue weighted by molar-refractivity contribution is 5.89. The van der Waals surface area contributed by atoms with E-state index in [-0.39, 0.29) is 24.3 Å². The van der Waals surface area contributed by atoms with Crippen molar-refractivity contribution in [3.8, 4) is 0 Å². The zero-order chi connectivity index (χ0) is 14.5. The van der Waals surface area contributed by atoms with Crippen LogP contribution in [-0.2, 0) is 14.3 Å². The Labute approximate surface area is 119 Å². The zero-order valence-electron chi connectivity index (χ0n) is 12.1. The zero-order valence-corrected chi connectivity index (χ0v) is 12.1. The largest absolute Gasteiger partial charge is 0.396 e. The average molecular weight is 284 g/mol. The van der Waals surface area contributed by atoms with Crippen molar-refractivity contribution >= 4 is 11.8 Å². The minimum absolute atomic E-state index is 0.0477. The van der Waals surface area contributed by atoms with Crippen molar-refractivity contribution in [2.24, 2.45) is 11.8 Å². The lowest BCUT2D eigenvalue weighted by Crippen LogP contribution is -2.36. The topological polar surface area (TPSA) is 70.1 Å². The van der Waals surface area contributed by atoms with Crippen molar-refractivity contribution < 1.29 is 19.4 Å². The minimum atomic E-state index is -0.202. The predicted molar refractivity (Wildman–Crippen MR) is 73.0 cm³/mol. The van der Waals surface area contributed by atoms with Crippen molar-refractivity contribution in [2.45, 2.75) is 19.3 Å². The number of hydrogen-bond acceptors (Lipinski definition) is 4. The van der Waals surface area contributed by atoms with Crippen LogP contribution in [0.4, 0.5) is 0 Å². The summed E-state index contributed by atoms with van der Waals surface area (Å²) in [5.41, 5.74) is 0. The number of amides is 2. The van der Waals surface area contributed by atoms with Gasteiger partial charge >= 0.3 is 0 Å². The Morgan fingerprint density at radius 2 is 2.25 bits per heavy atom. The van der Waals surface area contributed by atoms with Crippen LogP contribution >= 0.6 is 0 Å². The van der Waals surface area contributed by atoms with E-state index in [1.807, 2.05) is 4.90 Å². The third-order valence-electron chi connectivity index (χ3n) is 4.26. The first kappa shape index (κ1) is 15.3. The van der Waals surface area contributed by atoms with Crippen molar-refractivity contribution in [3.05, 3.63) is 0 Å². The molecule has 0 radical (unpaired) electrons. The molecule has 0 aromatic carbocycles. The molecule has 0 aromatic heterocycles. The summed E-state index contributed by atoms with van der Waals surface area (Å²) >= 11 is 0. The number of ether oxygens (including phenoxy) is 1. The third-order valence-corrected chi connectivity index (χ3v) is 4.26. The molecule has 0 aromatic rings. The summed E-state index contributed by atoms with van der Waals surface area (Å²) in [6.07, 6.45) is 2.04. The lowest BCUT2D eigenvalue weighted by Gasteiger charge is -2.21. The van der Waals surface area contributed by atoms with E-state index in [1.54, 1.807) is 12.0 Å². The van der Waals surface area contributed by atoms with Gasteiger partial charge in [-0.1, -0.05) is 0 Å². The number of aliphatic hydroxyl groups is 1. The lowest BCUT2D eigenvalue weighted by molar-refractivity contribution is -0.135. The van der Waals surface area contributed by atoms with Gasteiger partial charge in [-0.3, -0.25) is 9.59 Å².